The summed E-state index contributed by atoms with van der Waals surface area (Å²) in [7, 11) is 0. The second kappa shape index (κ2) is 14.9. The van der Waals surface area contributed by atoms with Gasteiger partial charge in [-0.05, 0) is 58.0 Å². The first-order chi connectivity index (χ1) is 13.2. The first-order valence-corrected chi connectivity index (χ1v) is 11.2. The van der Waals surface area contributed by atoms with E-state index in [-0.39, 0.29) is 18.4 Å². The van der Waals surface area contributed by atoms with E-state index in [1.54, 1.807) is 0 Å². The van der Waals surface area contributed by atoms with Gasteiger partial charge in [0.1, 0.15) is 0 Å². The van der Waals surface area contributed by atoms with Crippen LogP contribution in [0.5, 0.6) is 0 Å². The molecule has 3 N–H and O–H groups in total. The minimum Gasteiger partial charge on any atom is -0.340 e. The van der Waals surface area contributed by atoms with Crippen molar-refractivity contribution >= 4 is 24.3 Å². The lowest BCUT2D eigenvalue weighted by Crippen LogP contribution is -2.46. The van der Waals surface area contributed by atoms with E-state index in [0.29, 0.717) is 31.0 Å². The number of nitrogens with zero attached hydrogens (tertiary/aromatic N) is 1. The lowest BCUT2D eigenvalue weighted by atomic mass is 9.96. The lowest BCUT2D eigenvalue weighted by molar-refractivity contribution is -0.134. The molecule has 164 valence electrons. The predicted octanol–water partition coefficient (Wildman–Crippen LogP) is 3.59. The molecule has 6 nitrogen and oxygen atoms in total. The van der Waals surface area contributed by atoms with E-state index in [1.807, 2.05) is 0 Å². The molecule has 1 aliphatic carbocycles. The van der Waals surface area contributed by atoms with E-state index < -0.39 is 0 Å². The van der Waals surface area contributed by atoms with Crippen molar-refractivity contribution in [1.82, 2.24) is 20.9 Å². The Labute approximate surface area is 177 Å². The van der Waals surface area contributed by atoms with Crippen LogP contribution in [0.25, 0.3) is 0 Å². The van der Waals surface area contributed by atoms with Crippen molar-refractivity contribution in [2.24, 2.45) is 0 Å². The van der Waals surface area contributed by atoms with Crippen molar-refractivity contribution in [3.05, 3.63) is 0 Å². The first-order valence-electron chi connectivity index (χ1n) is 11.2. The minimum absolute atomic E-state index is 0. The average molecular weight is 417 g/mol. The standard InChI is InChI=1S/C21H40N4O2.ClH/c1-2-17-25(19-12-15-22-16-13-19)20(26)11-7-4-8-14-23-21(27)24-18-9-5-3-6-10-18;/h18-19,22H,2-17H2,1H3,(H2,23,24,27);1H. The fourth-order valence-electron chi connectivity index (χ4n) is 4.28. The highest BCUT2D eigenvalue weighted by molar-refractivity contribution is 5.85. The molecule has 1 saturated carbocycles. The summed E-state index contributed by atoms with van der Waals surface area (Å²) >= 11 is 0. The molecule has 0 unspecified atom stereocenters. The Bertz CT molecular complexity index is 438. The third kappa shape index (κ3) is 9.46. The largest absolute Gasteiger partial charge is 0.340 e. The zero-order valence-corrected chi connectivity index (χ0v) is 18.5. The summed E-state index contributed by atoms with van der Waals surface area (Å²) in [5.41, 5.74) is 0. The number of unbranched alkanes of at least 4 members (excludes halogenated alkanes) is 2. The Balaban J connectivity index is 0.00000392. The van der Waals surface area contributed by atoms with E-state index >= 15 is 0 Å². The molecule has 0 aromatic rings. The number of urea groups is 1. The molecule has 0 radical (unpaired) electrons. The molecule has 1 saturated heterocycles. The monoisotopic (exact) mass is 416 g/mol. The number of rotatable bonds is 10. The maximum absolute atomic E-state index is 12.6. The van der Waals surface area contributed by atoms with Crippen molar-refractivity contribution in [3.8, 4) is 0 Å². The maximum atomic E-state index is 12.6. The van der Waals surface area contributed by atoms with Gasteiger partial charge in [0.2, 0.25) is 5.91 Å². The summed E-state index contributed by atoms with van der Waals surface area (Å²) in [4.78, 5) is 26.6. The second-order valence-corrected chi connectivity index (χ2v) is 8.11. The summed E-state index contributed by atoms with van der Waals surface area (Å²) < 4.78 is 0. The SMILES string of the molecule is CCCN(C(=O)CCCCCNC(=O)NC1CCCCC1)C1CCNCC1.Cl. The molecule has 3 amide bonds. The van der Waals surface area contributed by atoms with Gasteiger partial charge >= 0.3 is 6.03 Å². The van der Waals surface area contributed by atoms with Crippen LogP contribution in [0.4, 0.5) is 4.79 Å². The highest BCUT2D eigenvalue weighted by Gasteiger charge is 2.24. The number of halogens is 1. The molecule has 0 aromatic heterocycles. The van der Waals surface area contributed by atoms with Crippen LogP contribution in [0.15, 0.2) is 0 Å². The van der Waals surface area contributed by atoms with E-state index in [2.05, 4.69) is 27.8 Å². The maximum Gasteiger partial charge on any atom is 0.315 e. The van der Waals surface area contributed by atoms with E-state index in [4.69, 9.17) is 0 Å². The van der Waals surface area contributed by atoms with Crippen molar-refractivity contribution in [2.75, 3.05) is 26.2 Å². The number of carbonyl (C=O) groups excluding carboxylic acids is 2. The second-order valence-electron chi connectivity index (χ2n) is 8.11. The van der Waals surface area contributed by atoms with Crippen LogP contribution in [-0.4, -0.2) is 55.1 Å². The highest BCUT2D eigenvalue weighted by atomic mass is 35.5. The molecule has 2 fully saturated rings. The van der Waals surface area contributed by atoms with Gasteiger partial charge in [-0.25, -0.2) is 4.79 Å². The molecule has 2 aliphatic rings. The molecule has 0 aromatic carbocycles. The molecule has 0 spiro atoms. The van der Waals surface area contributed by atoms with Crippen molar-refractivity contribution < 1.29 is 9.59 Å². The van der Waals surface area contributed by atoms with Crippen LogP contribution >= 0.6 is 12.4 Å². The van der Waals surface area contributed by atoms with E-state index in [9.17, 15) is 9.59 Å². The Morgan fingerprint density at radius 2 is 1.71 bits per heavy atom. The Morgan fingerprint density at radius 1 is 1.00 bits per heavy atom. The van der Waals surface area contributed by atoms with Gasteiger partial charge in [0, 0.05) is 31.6 Å². The normalized spacial score (nSPS) is 18.2. The number of piperidine rings is 1. The summed E-state index contributed by atoms with van der Waals surface area (Å²) in [5.74, 6) is 0.312. The van der Waals surface area contributed by atoms with Gasteiger partial charge in [0.05, 0.1) is 0 Å². The van der Waals surface area contributed by atoms with Gasteiger partial charge in [-0.15, -0.1) is 12.4 Å². The zero-order valence-electron chi connectivity index (χ0n) is 17.6. The predicted molar refractivity (Wildman–Crippen MR) is 117 cm³/mol. The molecule has 0 bridgehead atoms. The smallest absolute Gasteiger partial charge is 0.315 e. The molecular formula is C21H41ClN4O2. The van der Waals surface area contributed by atoms with Crippen LogP contribution in [0, 0.1) is 0 Å². The van der Waals surface area contributed by atoms with Gasteiger partial charge < -0.3 is 20.9 Å². The first kappa shape index (κ1) is 25.0. The summed E-state index contributed by atoms with van der Waals surface area (Å²) in [5, 5.41) is 9.41. The average Bonchev–Trinajstić information content (AvgIpc) is 2.70. The Morgan fingerprint density at radius 3 is 2.39 bits per heavy atom. The van der Waals surface area contributed by atoms with Gasteiger partial charge in [-0.1, -0.05) is 32.6 Å². The number of hydrogen-bond acceptors (Lipinski definition) is 3. The fourth-order valence-corrected chi connectivity index (χ4v) is 4.28. The van der Waals surface area contributed by atoms with Gasteiger partial charge in [-0.3, -0.25) is 4.79 Å². The third-order valence-corrected chi connectivity index (χ3v) is 5.83. The molecule has 0 atom stereocenters. The lowest BCUT2D eigenvalue weighted by Gasteiger charge is -2.34. The fraction of sp³-hybridized carbons (Fsp3) is 0.905. The summed E-state index contributed by atoms with van der Waals surface area (Å²) in [6.07, 6.45) is 12.6. The topological polar surface area (TPSA) is 73.5 Å². The molecule has 1 heterocycles. The van der Waals surface area contributed by atoms with Gasteiger partial charge in [0.15, 0.2) is 0 Å². The third-order valence-electron chi connectivity index (χ3n) is 5.83. The molecule has 2 rings (SSSR count). The van der Waals surface area contributed by atoms with E-state index in [1.165, 1.54) is 19.3 Å². The molecule has 7 heteroatoms. The van der Waals surface area contributed by atoms with Gasteiger partial charge in [-0.2, -0.15) is 0 Å². The number of carbonyl (C=O) groups is 2. The minimum atomic E-state index is -0.0296. The van der Waals surface area contributed by atoms with Crippen LogP contribution in [0.1, 0.15) is 84.0 Å². The number of nitrogens with one attached hydrogen (secondary N) is 3. The quantitative estimate of drug-likeness (QED) is 0.476. The van der Waals surface area contributed by atoms with Crippen molar-refractivity contribution in [3.63, 3.8) is 0 Å². The molecule has 28 heavy (non-hydrogen) atoms. The van der Waals surface area contributed by atoms with Crippen LogP contribution in [-0.2, 0) is 4.79 Å². The Hall–Kier alpha value is -1.01. The number of amides is 3. The van der Waals surface area contributed by atoms with Crippen LogP contribution in [0.2, 0.25) is 0 Å². The van der Waals surface area contributed by atoms with Gasteiger partial charge in [0.25, 0.3) is 0 Å². The molecular weight excluding hydrogens is 376 g/mol. The van der Waals surface area contributed by atoms with Crippen molar-refractivity contribution in [2.45, 2.75) is 96.1 Å². The van der Waals surface area contributed by atoms with E-state index in [0.717, 1.165) is 71.0 Å². The Kier molecular flexibility index (Phi) is 13.3. The van der Waals surface area contributed by atoms with Crippen LogP contribution in [0.3, 0.4) is 0 Å². The summed E-state index contributed by atoms with van der Waals surface area (Å²) in [6, 6.07) is 0.748. The van der Waals surface area contributed by atoms with Crippen LogP contribution < -0.4 is 16.0 Å². The zero-order chi connectivity index (χ0) is 19.3. The summed E-state index contributed by atoms with van der Waals surface area (Å²) in [6.45, 7) is 5.76. The molecule has 1 aliphatic heterocycles. The van der Waals surface area contributed by atoms with Crippen molar-refractivity contribution in [1.29, 1.82) is 0 Å². The highest BCUT2D eigenvalue weighted by Crippen LogP contribution is 2.17. The number of hydrogen-bond donors (Lipinski definition) is 3.